The number of aryl methyl sites for hydroxylation is 2. The zero-order valence-electron chi connectivity index (χ0n) is 20.0. The summed E-state index contributed by atoms with van der Waals surface area (Å²) in [5.74, 6) is 0.509. The Morgan fingerprint density at radius 3 is 2.92 bits per heavy atom. The highest BCUT2D eigenvalue weighted by atomic mass is 16.5. The van der Waals surface area contributed by atoms with Gasteiger partial charge >= 0.3 is 5.97 Å². The molecule has 0 radical (unpaired) electrons. The maximum absolute atomic E-state index is 11.4. The fraction of sp³-hybridized carbons (Fsp3) is 0.375. The second-order valence-corrected chi connectivity index (χ2v) is 8.68. The number of carboxylic acids is 1. The molecule has 4 aromatic rings. The van der Waals surface area contributed by atoms with Crippen LogP contribution >= 0.6 is 0 Å². The summed E-state index contributed by atoms with van der Waals surface area (Å²) >= 11 is 0. The van der Waals surface area contributed by atoms with Crippen LogP contribution in [0.4, 0.5) is 0 Å². The lowest BCUT2D eigenvalue weighted by Crippen LogP contribution is -2.29. The van der Waals surface area contributed by atoms with Gasteiger partial charge in [-0.1, -0.05) is 5.21 Å². The highest BCUT2D eigenvalue weighted by Crippen LogP contribution is 2.30. The standard InChI is InChI=1S/C24H26N8O4/c1-15-20(36-17-6-3-5-16(11-17)24(33)34)8-7-18(28-15)23-19(31(2)30-29-23)13-35-22-12-21(25-14-26-22)32-10-4-9-27-32/h4,7-10,12,14,16-17H,3,5-6,11,13H2,1-2H3,(H,33,34)/t16-,17-/m0/s1. The van der Waals surface area contributed by atoms with Crippen LogP contribution in [0.1, 0.15) is 37.1 Å². The van der Waals surface area contributed by atoms with E-state index in [1.54, 1.807) is 34.9 Å². The molecule has 1 aliphatic carbocycles. The molecular weight excluding hydrogens is 464 g/mol. The fourth-order valence-electron chi connectivity index (χ4n) is 4.28. The summed E-state index contributed by atoms with van der Waals surface area (Å²) in [6.07, 6.45) is 7.62. The van der Waals surface area contributed by atoms with Crippen molar-refractivity contribution in [1.82, 2.24) is 39.7 Å². The topological polar surface area (TPSA) is 143 Å². The Balaban J connectivity index is 1.30. The van der Waals surface area contributed by atoms with E-state index in [1.165, 1.54) is 6.33 Å². The van der Waals surface area contributed by atoms with Crippen LogP contribution in [0.15, 0.2) is 43.0 Å². The van der Waals surface area contributed by atoms with Crippen molar-refractivity contribution in [2.45, 2.75) is 45.3 Å². The number of aliphatic carboxylic acids is 1. The first-order valence-electron chi connectivity index (χ1n) is 11.7. The van der Waals surface area contributed by atoms with Crippen LogP contribution < -0.4 is 9.47 Å². The SMILES string of the molecule is Cc1nc(-c2nnn(C)c2COc2cc(-n3cccn3)ncn2)ccc1O[C@H]1CCC[C@H](C(=O)O)C1. The van der Waals surface area contributed by atoms with Gasteiger partial charge in [0.05, 0.1) is 23.4 Å². The van der Waals surface area contributed by atoms with E-state index in [0.29, 0.717) is 47.4 Å². The minimum absolute atomic E-state index is 0.133. The average molecular weight is 491 g/mol. The largest absolute Gasteiger partial charge is 0.489 e. The molecule has 0 spiro atoms. The summed E-state index contributed by atoms with van der Waals surface area (Å²) in [5, 5.41) is 21.9. The Kier molecular flexibility index (Phi) is 6.56. The number of nitrogens with zero attached hydrogens (tertiary/aromatic N) is 8. The normalized spacial score (nSPS) is 17.6. The number of ether oxygens (including phenoxy) is 2. The van der Waals surface area contributed by atoms with Gasteiger partial charge in [-0.3, -0.25) is 4.79 Å². The van der Waals surface area contributed by atoms with Crippen molar-refractivity contribution in [3.8, 4) is 28.8 Å². The van der Waals surface area contributed by atoms with E-state index in [0.717, 1.165) is 18.5 Å². The summed E-state index contributed by atoms with van der Waals surface area (Å²) in [5.41, 5.74) is 2.66. The molecule has 186 valence electrons. The van der Waals surface area contributed by atoms with E-state index in [1.807, 2.05) is 25.1 Å². The van der Waals surface area contributed by atoms with E-state index in [9.17, 15) is 9.90 Å². The maximum atomic E-state index is 11.4. The third kappa shape index (κ3) is 5.02. The van der Waals surface area contributed by atoms with Crippen molar-refractivity contribution in [1.29, 1.82) is 0 Å². The summed E-state index contributed by atoms with van der Waals surface area (Å²) in [4.78, 5) is 24.5. The highest BCUT2D eigenvalue weighted by Gasteiger charge is 2.28. The first kappa shape index (κ1) is 23.4. The summed E-state index contributed by atoms with van der Waals surface area (Å²) in [7, 11) is 1.79. The quantitative estimate of drug-likeness (QED) is 0.391. The van der Waals surface area contributed by atoms with Gasteiger partial charge in [-0.2, -0.15) is 5.10 Å². The molecule has 0 aromatic carbocycles. The molecule has 4 aromatic heterocycles. The zero-order chi connectivity index (χ0) is 25.1. The van der Waals surface area contributed by atoms with Crippen LogP contribution in [0.2, 0.25) is 0 Å². The minimum Gasteiger partial charge on any atom is -0.489 e. The minimum atomic E-state index is -0.759. The van der Waals surface area contributed by atoms with Gasteiger partial charge in [-0.15, -0.1) is 5.10 Å². The molecule has 0 bridgehead atoms. The number of pyridine rings is 1. The highest BCUT2D eigenvalue weighted by molar-refractivity contribution is 5.70. The van der Waals surface area contributed by atoms with Crippen LogP contribution in [0.3, 0.4) is 0 Å². The molecule has 0 aliphatic heterocycles. The first-order valence-corrected chi connectivity index (χ1v) is 11.7. The van der Waals surface area contributed by atoms with Gasteiger partial charge in [0, 0.05) is 25.5 Å². The third-order valence-corrected chi connectivity index (χ3v) is 6.22. The van der Waals surface area contributed by atoms with E-state index < -0.39 is 5.97 Å². The molecule has 1 aliphatic rings. The van der Waals surface area contributed by atoms with Crippen molar-refractivity contribution in [2.24, 2.45) is 13.0 Å². The number of carboxylic acid groups (broad SMARTS) is 1. The average Bonchev–Trinajstić information content (AvgIpc) is 3.55. The Hall–Kier alpha value is -4.35. The van der Waals surface area contributed by atoms with Crippen LogP contribution in [-0.2, 0) is 18.4 Å². The van der Waals surface area contributed by atoms with Crippen LogP contribution in [0, 0.1) is 12.8 Å². The van der Waals surface area contributed by atoms with E-state index in [2.05, 4.69) is 30.4 Å². The number of aromatic nitrogens is 8. The zero-order valence-corrected chi connectivity index (χ0v) is 20.0. The number of hydrogen-bond donors (Lipinski definition) is 1. The van der Waals surface area contributed by atoms with Crippen LogP contribution in [0.5, 0.6) is 11.6 Å². The molecule has 5 rings (SSSR count). The fourth-order valence-corrected chi connectivity index (χ4v) is 4.28. The van der Waals surface area contributed by atoms with Gasteiger partial charge < -0.3 is 14.6 Å². The molecule has 2 atom stereocenters. The van der Waals surface area contributed by atoms with Gasteiger partial charge in [0.1, 0.15) is 30.1 Å². The summed E-state index contributed by atoms with van der Waals surface area (Å²) < 4.78 is 15.3. The predicted octanol–water partition coefficient (Wildman–Crippen LogP) is 2.76. The molecule has 12 nitrogen and oxygen atoms in total. The third-order valence-electron chi connectivity index (χ3n) is 6.22. The van der Waals surface area contributed by atoms with E-state index in [-0.39, 0.29) is 18.6 Å². The Labute approximate surface area is 206 Å². The Morgan fingerprint density at radius 2 is 2.14 bits per heavy atom. The van der Waals surface area contributed by atoms with Crippen molar-refractivity contribution in [3.63, 3.8) is 0 Å². The van der Waals surface area contributed by atoms with Crippen molar-refractivity contribution >= 4 is 5.97 Å². The maximum Gasteiger partial charge on any atom is 0.306 e. The van der Waals surface area contributed by atoms with E-state index in [4.69, 9.17) is 9.47 Å². The number of hydrogen-bond acceptors (Lipinski definition) is 9. The van der Waals surface area contributed by atoms with Crippen molar-refractivity contribution in [3.05, 3.63) is 54.4 Å². The van der Waals surface area contributed by atoms with E-state index >= 15 is 0 Å². The summed E-state index contributed by atoms with van der Waals surface area (Å²) in [6, 6.07) is 7.19. The molecule has 12 heteroatoms. The first-order chi connectivity index (χ1) is 17.5. The van der Waals surface area contributed by atoms with Gasteiger partial charge in [0.15, 0.2) is 5.82 Å². The van der Waals surface area contributed by atoms with Gasteiger partial charge in [0.25, 0.3) is 0 Å². The lowest BCUT2D eigenvalue weighted by molar-refractivity contribution is -0.143. The van der Waals surface area contributed by atoms with Crippen LogP contribution in [0.25, 0.3) is 17.2 Å². The molecule has 36 heavy (non-hydrogen) atoms. The number of rotatable bonds is 8. The molecule has 0 amide bonds. The smallest absolute Gasteiger partial charge is 0.306 e. The van der Waals surface area contributed by atoms with Crippen LogP contribution in [-0.4, -0.2) is 56.9 Å². The lowest BCUT2D eigenvalue weighted by Gasteiger charge is -2.27. The molecule has 0 saturated heterocycles. The van der Waals surface area contributed by atoms with Crippen molar-refractivity contribution in [2.75, 3.05) is 0 Å². The molecule has 1 N–H and O–H groups in total. The molecular formula is C24H26N8O4. The molecule has 4 heterocycles. The number of carbonyl (C=O) groups is 1. The predicted molar refractivity (Wildman–Crippen MR) is 126 cm³/mol. The molecule has 0 unspecified atom stereocenters. The van der Waals surface area contributed by atoms with Gasteiger partial charge in [-0.25, -0.2) is 24.3 Å². The van der Waals surface area contributed by atoms with Gasteiger partial charge in [0.2, 0.25) is 5.88 Å². The Bertz CT molecular complexity index is 1350. The molecule has 1 saturated carbocycles. The molecule has 1 fully saturated rings. The van der Waals surface area contributed by atoms with Crippen molar-refractivity contribution < 1.29 is 19.4 Å². The Morgan fingerprint density at radius 1 is 1.25 bits per heavy atom. The monoisotopic (exact) mass is 490 g/mol. The second kappa shape index (κ2) is 10.1. The lowest BCUT2D eigenvalue weighted by atomic mass is 9.87. The summed E-state index contributed by atoms with van der Waals surface area (Å²) in [6.45, 7) is 2.03. The second-order valence-electron chi connectivity index (χ2n) is 8.68. The van der Waals surface area contributed by atoms with Gasteiger partial charge in [-0.05, 0) is 50.8 Å².